The molecule has 0 atom stereocenters. The van der Waals surface area contributed by atoms with Gasteiger partial charge in [-0.1, -0.05) is 15.9 Å². The fraction of sp³-hybridized carbons (Fsp3) is 0.0769. The lowest BCUT2D eigenvalue weighted by Gasteiger charge is -2.10. The van der Waals surface area contributed by atoms with Crippen LogP contribution in [0, 0.1) is 6.92 Å². The molecule has 0 unspecified atom stereocenters. The van der Waals surface area contributed by atoms with Gasteiger partial charge in [0.2, 0.25) is 5.95 Å². The van der Waals surface area contributed by atoms with Crippen molar-refractivity contribution in [2.75, 3.05) is 10.7 Å². The molecule has 21 heavy (non-hydrogen) atoms. The summed E-state index contributed by atoms with van der Waals surface area (Å²) < 4.78 is 1.95. The number of nitrogens with zero attached hydrogens (tertiary/aromatic N) is 2. The molecule has 4 N–H and O–H groups in total. The monoisotopic (exact) mass is 427 g/mol. The number of nitrogens with one attached hydrogen (secondary N) is 2. The van der Waals surface area contributed by atoms with Crippen LogP contribution in [0.4, 0.5) is 17.5 Å². The van der Waals surface area contributed by atoms with Crippen LogP contribution < -0.4 is 16.6 Å². The van der Waals surface area contributed by atoms with E-state index in [1.54, 1.807) is 11.3 Å². The van der Waals surface area contributed by atoms with E-state index in [0.717, 1.165) is 30.7 Å². The van der Waals surface area contributed by atoms with Gasteiger partial charge in [0.05, 0.1) is 11.1 Å². The Hall–Kier alpha value is -1.22. The molecule has 0 spiro atoms. The van der Waals surface area contributed by atoms with Crippen LogP contribution in [0.1, 0.15) is 4.88 Å². The van der Waals surface area contributed by atoms with Gasteiger partial charge in [0.25, 0.3) is 0 Å². The zero-order valence-corrected chi connectivity index (χ0v) is 14.9. The van der Waals surface area contributed by atoms with Gasteiger partial charge in [0, 0.05) is 13.8 Å². The van der Waals surface area contributed by atoms with Gasteiger partial charge in [-0.05, 0) is 47.1 Å². The van der Waals surface area contributed by atoms with Gasteiger partial charge in [-0.15, -0.1) is 11.3 Å². The van der Waals surface area contributed by atoms with Crippen LogP contribution in [-0.4, -0.2) is 9.97 Å². The number of nitrogen functional groups attached to an aromatic ring is 1. The second-order valence-electron chi connectivity index (χ2n) is 4.37. The van der Waals surface area contributed by atoms with Gasteiger partial charge >= 0.3 is 0 Å². The summed E-state index contributed by atoms with van der Waals surface area (Å²) in [5, 5.41) is 4.30. The Morgan fingerprint density at radius 1 is 1.19 bits per heavy atom. The molecule has 1 aromatic carbocycles. The molecular formula is C13H11Br2N5S. The van der Waals surface area contributed by atoms with Crippen molar-refractivity contribution in [1.29, 1.82) is 0 Å². The number of hydrogen-bond donors (Lipinski definition) is 3. The summed E-state index contributed by atoms with van der Waals surface area (Å²) in [5.41, 5.74) is 3.42. The van der Waals surface area contributed by atoms with Crippen molar-refractivity contribution in [3.63, 3.8) is 0 Å². The number of halogens is 2. The molecule has 0 saturated carbocycles. The van der Waals surface area contributed by atoms with Crippen molar-refractivity contribution >= 4 is 70.9 Å². The lowest BCUT2D eigenvalue weighted by Crippen LogP contribution is -2.11. The minimum Gasteiger partial charge on any atom is -0.339 e. The molecule has 0 fully saturated rings. The molecule has 5 nitrogen and oxygen atoms in total. The van der Waals surface area contributed by atoms with Crippen LogP contribution in [0.3, 0.4) is 0 Å². The summed E-state index contributed by atoms with van der Waals surface area (Å²) in [6.45, 7) is 2.04. The number of aryl methyl sites for hydroxylation is 1. The third-order valence-corrected chi connectivity index (χ3v) is 4.92. The number of benzene rings is 1. The third-order valence-electron chi connectivity index (χ3n) is 2.83. The van der Waals surface area contributed by atoms with Crippen LogP contribution in [-0.2, 0) is 0 Å². The van der Waals surface area contributed by atoms with Gasteiger partial charge in [0.1, 0.15) is 10.6 Å². The van der Waals surface area contributed by atoms with Gasteiger partial charge in [-0.2, -0.15) is 4.98 Å². The average molecular weight is 429 g/mol. The van der Waals surface area contributed by atoms with Crippen LogP contribution in [0.25, 0.3) is 10.2 Å². The molecule has 0 aliphatic rings. The standard InChI is InChI=1S/C13H11Br2N5S/c1-6-4-8-11(18-13(20-16)19-12(8)21-6)17-10-3-2-7(14)5-9(10)15/h2-5H,16H2,1H3,(H2,17,18,19,20). The molecule has 0 aliphatic carbocycles. The van der Waals surface area contributed by atoms with E-state index < -0.39 is 0 Å². The smallest absolute Gasteiger partial charge is 0.240 e. The molecule has 0 radical (unpaired) electrons. The topological polar surface area (TPSA) is 75.9 Å². The number of nitrogens with two attached hydrogens (primary N) is 1. The van der Waals surface area contributed by atoms with Crippen molar-refractivity contribution in [2.45, 2.75) is 6.92 Å². The molecule has 108 valence electrons. The van der Waals surface area contributed by atoms with E-state index in [2.05, 4.69) is 58.6 Å². The molecule has 0 bridgehead atoms. The van der Waals surface area contributed by atoms with Crippen LogP contribution in [0.2, 0.25) is 0 Å². The molecule has 3 aromatic rings. The Balaban J connectivity index is 2.10. The second-order valence-corrected chi connectivity index (χ2v) is 7.37. The third kappa shape index (κ3) is 3.03. The maximum atomic E-state index is 5.45. The van der Waals surface area contributed by atoms with Crippen molar-refractivity contribution < 1.29 is 0 Å². The maximum Gasteiger partial charge on any atom is 0.240 e. The highest BCUT2D eigenvalue weighted by atomic mass is 79.9. The van der Waals surface area contributed by atoms with Crippen LogP contribution >= 0.6 is 43.2 Å². The largest absolute Gasteiger partial charge is 0.339 e. The average Bonchev–Trinajstić information content (AvgIpc) is 2.82. The second kappa shape index (κ2) is 5.88. The summed E-state index contributed by atoms with van der Waals surface area (Å²) in [5.74, 6) is 6.56. The Morgan fingerprint density at radius 3 is 2.71 bits per heavy atom. The summed E-state index contributed by atoms with van der Waals surface area (Å²) in [6.07, 6.45) is 0. The maximum absolute atomic E-state index is 5.45. The fourth-order valence-electron chi connectivity index (χ4n) is 1.92. The first-order valence-corrected chi connectivity index (χ1v) is 8.44. The van der Waals surface area contributed by atoms with Gasteiger partial charge in [-0.25, -0.2) is 10.8 Å². The van der Waals surface area contributed by atoms with E-state index in [9.17, 15) is 0 Å². The van der Waals surface area contributed by atoms with E-state index in [4.69, 9.17) is 5.84 Å². The number of anilines is 3. The van der Waals surface area contributed by atoms with Crippen LogP contribution in [0.15, 0.2) is 33.2 Å². The molecule has 3 rings (SSSR count). The number of fused-ring (bicyclic) bond motifs is 1. The SMILES string of the molecule is Cc1cc2c(Nc3ccc(Br)cc3Br)nc(NN)nc2s1. The van der Waals surface area contributed by atoms with Crippen molar-refractivity contribution in [3.8, 4) is 0 Å². The lowest BCUT2D eigenvalue weighted by molar-refractivity contribution is 1.16. The molecule has 0 amide bonds. The predicted molar refractivity (Wildman–Crippen MR) is 95.1 cm³/mol. The summed E-state index contributed by atoms with van der Waals surface area (Å²) in [6, 6.07) is 7.97. The Labute approximate surface area is 142 Å². The van der Waals surface area contributed by atoms with E-state index in [-0.39, 0.29) is 0 Å². The molecule has 2 aromatic heterocycles. The van der Waals surface area contributed by atoms with Crippen molar-refractivity contribution in [1.82, 2.24) is 9.97 Å². The van der Waals surface area contributed by atoms with E-state index >= 15 is 0 Å². The summed E-state index contributed by atoms with van der Waals surface area (Å²) in [7, 11) is 0. The number of hydrazine groups is 1. The number of aromatic nitrogens is 2. The fourth-order valence-corrected chi connectivity index (χ4v) is 3.95. The number of hydrogen-bond acceptors (Lipinski definition) is 6. The highest BCUT2D eigenvalue weighted by Crippen LogP contribution is 2.34. The quantitative estimate of drug-likeness (QED) is 0.421. The Kier molecular flexibility index (Phi) is 4.12. The van der Waals surface area contributed by atoms with Gasteiger partial charge in [0.15, 0.2) is 0 Å². The lowest BCUT2D eigenvalue weighted by atomic mass is 10.3. The van der Waals surface area contributed by atoms with Gasteiger partial charge in [-0.3, -0.25) is 5.43 Å². The zero-order valence-electron chi connectivity index (χ0n) is 10.9. The summed E-state index contributed by atoms with van der Waals surface area (Å²) in [4.78, 5) is 10.8. The molecule has 2 heterocycles. The molecule has 8 heteroatoms. The minimum absolute atomic E-state index is 0.389. The molecule has 0 aliphatic heterocycles. The number of thiophene rings is 1. The highest BCUT2D eigenvalue weighted by molar-refractivity contribution is 9.11. The normalized spacial score (nSPS) is 10.9. The van der Waals surface area contributed by atoms with Gasteiger partial charge < -0.3 is 5.32 Å². The Morgan fingerprint density at radius 2 is 2.00 bits per heavy atom. The zero-order chi connectivity index (χ0) is 15.0. The van der Waals surface area contributed by atoms with Crippen LogP contribution in [0.5, 0.6) is 0 Å². The number of rotatable bonds is 3. The first kappa shape index (κ1) is 14.7. The van der Waals surface area contributed by atoms with Crippen molar-refractivity contribution in [2.24, 2.45) is 5.84 Å². The molecule has 0 saturated heterocycles. The predicted octanol–water partition coefficient (Wildman–Crippen LogP) is 4.55. The summed E-state index contributed by atoms with van der Waals surface area (Å²) >= 11 is 8.58. The highest BCUT2D eigenvalue weighted by Gasteiger charge is 2.11. The first-order chi connectivity index (χ1) is 10.1. The minimum atomic E-state index is 0.389. The van der Waals surface area contributed by atoms with Crippen molar-refractivity contribution in [3.05, 3.63) is 38.1 Å². The van der Waals surface area contributed by atoms with E-state index in [0.29, 0.717) is 5.95 Å². The van der Waals surface area contributed by atoms with E-state index in [1.807, 2.05) is 25.1 Å². The molecular weight excluding hydrogens is 418 g/mol. The first-order valence-electron chi connectivity index (χ1n) is 6.03. The van der Waals surface area contributed by atoms with E-state index in [1.165, 1.54) is 4.88 Å². The Bertz CT molecular complexity index is 818.